The zero-order chi connectivity index (χ0) is 39.8. The fourth-order valence-electron chi connectivity index (χ4n) is 9.51. The Kier molecular flexibility index (Phi) is 15.0. The summed E-state index contributed by atoms with van der Waals surface area (Å²) in [6, 6.07) is 5.56. The van der Waals surface area contributed by atoms with E-state index in [1.54, 1.807) is 0 Å². The van der Waals surface area contributed by atoms with Gasteiger partial charge in [0.15, 0.2) is 0 Å². The molecule has 1 aromatic carbocycles. The number of amides is 2. The Balaban J connectivity index is 0.00000167. The Morgan fingerprint density at radius 2 is 1.25 bits per heavy atom. The molecular weight excluding hydrogens is 689 g/mol. The first-order valence-electron chi connectivity index (χ1n) is 21.3. The summed E-state index contributed by atoms with van der Waals surface area (Å²) in [7, 11) is 3.00. The number of nitrogens with zero attached hydrogens (tertiary/aromatic N) is 5. The van der Waals surface area contributed by atoms with E-state index in [1.807, 2.05) is 31.1 Å². The maximum atomic E-state index is 13.0. The Morgan fingerprint density at radius 1 is 0.727 bits per heavy atom. The van der Waals surface area contributed by atoms with Gasteiger partial charge in [-0.15, -0.1) is 0 Å². The summed E-state index contributed by atoms with van der Waals surface area (Å²) >= 11 is 0. The van der Waals surface area contributed by atoms with E-state index < -0.39 is 0 Å². The Morgan fingerprint density at radius 3 is 1.82 bits per heavy atom. The number of nitrogens with one attached hydrogen (secondary N) is 3. The number of aromatic nitrogens is 4. The summed E-state index contributed by atoms with van der Waals surface area (Å²) in [6.07, 6.45) is 13.8. The lowest BCUT2D eigenvalue weighted by Gasteiger charge is -2.36. The molecule has 5 aliphatic heterocycles. The van der Waals surface area contributed by atoms with Crippen LogP contribution in [0.4, 0.5) is 5.69 Å². The molecule has 3 aromatic rings. The lowest BCUT2D eigenvalue weighted by atomic mass is 9.85. The zero-order valence-corrected chi connectivity index (χ0v) is 35.0. The molecule has 2 amide bonds. The minimum atomic E-state index is 0. The van der Waals surface area contributed by atoms with E-state index in [0.29, 0.717) is 42.7 Å². The highest BCUT2D eigenvalue weighted by Crippen LogP contribution is 2.52. The van der Waals surface area contributed by atoms with Crippen molar-refractivity contribution in [3.8, 4) is 11.3 Å². The first kappa shape index (κ1) is 42.4. The van der Waals surface area contributed by atoms with E-state index in [9.17, 15) is 9.59 Å². The highest BCUT2D eigenvalue weighted by molar-refractivity contribution is 5.78. The molecule has 55 heavy (non-hydrogen) atoms. The normalized spacial score (nSPS) is 22.9. The van der Waals surface area contributed by atoms with Crippen LogP contribution in [0.3, 0.4) is 0 Å². The van der Waals surface area contributed by atoms with E-state index in [4.69, 9.17) is 9.97 Å². The third-order valence-electron chi connectivity index (χ3n) is 11.8. The van der Waals surface area contributed by atoms with Crippen molar-refractivity contribution in [1.82, 2.24) is 35.1 Å². The second-order valence-electron chi connectivity index (χ2n) is 16.2. The van der Waals surface area contributed by atoms with Crippen LogP contribution in [-0.4, -0.2) is 81.8 Å². The quantitative estimate of drug-likeness (QED) is 0.145. The molecule has 8 rings (SSSR count). The van der Waals surface area contributed by atoms with Gasteiger partial charge in [-0.25, -0.2) is 9.97 Å². The molecule has 2 unspecified atom stereocenters. The Labute approximate surface area is 335 Å². The first-order chi connectivity index (χ1) is 26.7. The number of anilines is 1. The average Bonchev–Trinajstić information content (AvgIpc) is 4.06. The summed E-state index contributed by atoms with van der Waals surface area (Å²) in [5, 5.41) is 3.92. The monoisotopic (exact) mass is 767 g/mol. The van der Waals surface area contributed by atoms with E-state index in [1.165, 1.54) is 55.0 Å². The van der Waals surface area contributed by atoms with Crippen LogP contribution in [0.25, 0.3) is 11.3 Å². The predicted molar refractivity (Wildman–Crippen MR) is 231 cm³/mol. The van der Waals surface area contributed by atoms with Crippen molar-refractivity contribution in [2.45, 2.75) is 136 Å². The number of hydrogen-bond donors (Lipinski definition) is 5. The van der Waals surface area contributed by atoms with Crippen LogP contribution in [0.5, 0.6) is 0 Å². The maximum Gasteiger partial charge on any atom is 0.223 e. The van der Waals surface area contributed by atoms with E-state index in [2.05, 4.69) is 76.4 Å². The average molecular weight is 767 g/mol. The second-order valence-corrected chi connectivity index (χ2v) is 16.2. The van der Waals surface area contributed by atoms with Crippen molar-refractivity contribution in [2.75, 3.05) is 45.2 Å². The van der Waals surface area contributed by atoms with E-state index >= 15 is 0 Å². The number of likely N-dealkylation sites (tertiary alicyclic amines) is 2. The fraction of sp³-hybridized carbons (Fsp3) is 0.674. The third kappa shape index (κ3) is 8.97. The number of rotatable bonds is 9. The molecule has 2 aromatic heterocycles. The minimum Gasteiger partial charge on any atom is -0.371 e. The number of carbonyl (C=O) groups is 2. The van der Waals surface area contributed by atoms with Crippen LogP contribution >= 0.6 is 0 Å². The van der Waals surface area contributed by atoms with Crippen molar-refractivity contribution in [3.63, 3.8) is 0 Å². The number of carbonyl (C=O) groups excluding carboxylic acids is 2. The molecule has 0 aliphatic carbocycles. The molecule has 7 heterocycles. The Bertz CT molecular complexity index is 1710. The molecular formula is C43H78N10O2. The van der Waals surface area contributed by atoms with Crippen LogP contribution in [0.2, 0.25) is 0 Å². The third-order valence-corrected chi connectivity index (χ3v) is 11.8. The fourth-order valence-corrected chi connectivity index (χ4v) is 9.51. The van der Waals surface area contributed by atoms with Crippen molar-refractivity contribution in [2.24, 2.45) is 23.3 Å². The Hall–Kier alpha value is -3.74. The second kappa shape index (κ2) is 19.4. The van der Waals surface area contributed by atoms with Gasteiger partial charge in [0.2, 0.25) is 11.8 Å². The SMILES string of the molecule is CC.CC(C)CC(=O)N1CCC[C@H]1c1ncc(-c2ccc(N3CCC(c4cnc([C@@H]5CCCN5C(=O)CC(C)C)[nH]4)CC3)c3c2C2CCC3N2)[nH]1.CN.CN.[HH].[HH].[HH].[HH]. The summed E-state index contributed by atoms with van der Waals surface area (Å²) in [4.78, 5) is 49.7. The molecule has 0 spiro atoms. The van der Waals surface area contributed by atoms with Crippen molar-refractivity contribution in [3.05, 3.63) is 53.0 Å². The van der Waals surface area contributed by atoms with Gasteiger partial charge in [0.05, 0.1) is 24.0 Å². The van der Waals surface area contributed by atoms with Crippen LogP contribution in [0.1, 0.15) is 170 Å². The molecule has 312 valence electrons. The van der Waals surface area contributed by atoms with Gasteiger partial charge in [0.1, 0.15) is 11.6 Å². The molecule has 2 bridgehead atoms. The van der Waals surface area contributed by atoms with Crippen LogP contribution < -0.4 is 21.7 Å². The summed E-state index contributed by atoms with van der Waals surface area (Å²) in [5.74, 6) is 3.56. The molecule has 12 nitrogen and oxygen atoms in total. The predicted octanol–water partition coefficient (Wildman–Crippen LogP) is 8.24. The van der Waals surface area contributed by atoms with Gasteiger partial charge in [-0.2, -0.15) is 0 Å². The number of fused-ring (bicyclic) bond motifs is 5. The van der Waals surface area contributed by atoms with Crippen LogP contribution in [-0.2, 0) is 9.59 Å². The van der Waals surface area contributed by atoms with Gasteiger partial charge in [-0.05, 0) is 94.5 Å². The molecule has 12 heteroatoms. The summed E-state index contributed by atoms with van der Waals surface area (Å²) in [6.45, 7) is 16.1. The van der Waals surface area contributed by atoms with Crippen molar-refractivity contribution in [1.29, 1.82) is 0 Å². The topological polar surface area (TPSA) is 165 Å². The van der Waals surface area contributed by atoms with Crippen molar-refractivity contribution >= 4 is 17.5 Å². The van der Waals surface area contributed by atoms with E-state index in [-0.39, 0.29) is 29.6 Å². The zero-order valence-electron chi connectivity index (χ0n) is 35.0. The molecule has 0 saturated carbocycles. The lowest BCUT2D eigenvalue weighted by Crippen LogP contribution is -2.34. The van der Waals surface area contributed by atoms with Gasteiger partial charge < -0.3 is 41.5 Å². The molecule has 4 atom stereocenters. The van der Waals surface area contributed by atoms with Gasteiger partial charge >= 0.3 is 0 Å². The number of benzene rings is 1. The van der Waals surface area contributed by atoms with Crippen LogP contribution in [0, 0.1) is 11.8 Å². The standard InChI is InChI=1S/C39H54N8O2.C2H6.2CH5N.4H2/c1-23(2)19-34(48)46-15-5-7-32(46)38-40-21-29(43-38)25-13-17-45(18-14-25)31-12-9-26(36-27-10-11-28(42-27)37(31)36)30-22-41-39(44-30)33-8-6-16-47(33)35(49)20-24(3)4;3*1-2;;;;/h9,12,21-25,27-28,32-33,42H,5-8,10-11,13-20H2,1-4H3,(H,40,43)(H,41,44);1-2H3;2*2H2,1H3;4*1H/t27?,28?,32-,33-;;;;;;;/m0......./s1. The highest BCUT2D eigenvalue weighted by atomic mass is 16.2. The van der Waals surface area contributed by atoms with Crippen molar-refractivity contribution < 1.29 is 15.3 Å². The molecule has 4 fully saturated rings. The summed E-state index contributed by atoms with van der Waals surface area (Å²) < 4.78 is 0. The minimum absolute atomic E-state index is 0. The van der Waals surface area contributed by atoms with Gasteiger partial charge in [-0.3, -0.25) is 9.59 Å². The lowest BCUT2D eigenvalue weighted by molar-refractivity contribution is -0.133. The van der Waals surface area contributed by atoms with Crippen LogP contribution in [0.15, 0.2) is 24.5 Å². The smallest absolute Gasteiger partial charge is 0.223 e. The molecule has 7 N–H and O–H groups in total. The first-order valence-corrected chi connectivity index (χ1v) is 21.3. The molecule has 4 saturated heterocycles. The number of aromatic amines is 2. The highest BCUT2D eigenvalue weighted by Gasteiger charge is 2.42. The number of imidazole rings is 2. The number of hydrogen-bond acceptors (Lipinski definition) is 8. The van der Waals surface area contributed by atoms with Gasteiger partial charge in [-0.1, -0.05) is 47.6 Å². The maximum absolute atomic E-state index is 13.0. The number of piperidine rings is 1. The molecule has 0 radical (unpaired) electrons. The number of nitrogens with two attached hydrogens (primary N) is 2. The largest absolute Gasteiger partial charge is 0.371 e. The van der Waals surface area contributed by atoms with Gasteiger partial charge in [0, 0.05) is 85.9 Å². The summed E-state index contributed by atoms with van der Waals surface area (Å²) in [5.41, 5.74) is 16.8. The van der Waals surface area contributed by atoms with Gasteiger partial charge in [0.25, 0.3) is 0 Å². The molecule has 5 aliphatic rings. The number of H-pyrrole nitrogens is 2. The van der Waals surface area contributed by atoms with E-state index in [0.717, 1.165) is 82.0 Å².